The monoisotopic (exact) mass is 569 g/mol. The van der Waals surface area contributed by atoms with Crippen LogP contribution in [0.4, 0.5) is 4.79 Å². The zero-order valence-corrected chi connectivity index (χ0v) is 24.8. The third kappa shape index (κ3) is 22.4. The first kappa shape index (κ1) is 35.6. The van der Waals surface area contributed by atoms with E-state index in [1.54, 1.807) is 0 Å². The number of alkyl carbamates (subject to hydrolysis) is 1. The Bertz CT molecular complexity index is 786. The summed E-state index contributed by atoms with van der Waals surface area (Å²) in [5.74, 6) is 0.745. The molecule has 0 fully saturated rings. The number of aryl methyl sites for hydroxylation is 1. The second kappa shape index (κ2) is 22.3. The summed E-state index contributed by atoms with van der Waals surface area (Å²) in [6, 6.07) is 7.89. The van der Waals surface area contributed by atoms with Crippen molar-refractivity contribution in [1.82, 2.24) is 16.0 Å². The number of nitrogens with one attached hydrogen (secondary N) is 3. The van der Waals surface area contributed by atoms with Gasteiger partial charge in [0.15, 0.2) is 0 Å². The lowest BCUT2D eigenvalue weighted by molar-refractivity contribution is -0.121. The Morgan fingerprint density at radius 1 is 0.800 bits per heavy atom. The van der Waals surface area contributed by atoms with Crippen molar-refractivity contribution in [3.8, 4) is 5.75 Å². The van der Waals surface area contributed by atoms with Crippen molar-refractivity contribution in [3.63, 3.8) is 0 Å². The molecule has 1 atom stereocenters. The van der Waals surface area contributed by atoms with E-state index in [2.05, 4.69) is 16.0 Å². The van der Waals surface area contributed by atoms with Crippen LogP contribution in [0, 0.1) is 6.92 Å². The van der Waals surface area contributed by atoms with Gasteiger partial charge in [-0.2, -0.15) is 0 Å². The van der Waals surface area contributed by atoms with Gasteiger partial charge in [-0.15, -0.1) is 0 Å². The molecule has 40 heavy (non-hydrogen) atoms. The summed E-state index contributed by atoms with van der Waals surface area (Å²) in [5.41, 5.74) is 0.691. The van der Waals surface area contributed by atoms with Crippen molar-refractivity contribution in [1.29, 1.82) is 0 Å². The average molecular weight is 570 g/mol. The summed E-state index contributed by atoms with van der Waals surface area (Å²) in [6.07, 6.45) is 1.62. The van der Waals surface area contributed by atoms with Gasteiger partial charge in [0.25, 0.3) is 0 Å². The number of aliphatic hydroxyl groups is 1. The number of hydrogen-bond donors (Lipinski definition) is 4. The normalized spacial score (nSPS) is 12.1. The molecule has 0 radical (unpaired) electrons. The first-order valence-corrected chi connectivity index (χ1v) is 14.2. The predicted octanol–water partition coefficient (Wildman–Crippen LogP) is 2.92. The van der Waals surface area contributed by atoms with Crippen LogP contribution in [0.15, 0.2) is 24.3 Å². The summed E-state index contributed by atoms with van der Waals surface area (Å²) in [4.78, 5) is 23.4. The first-order chi connectivity index (χ1) is 19.2. The van der Waals surface area contributed by atoms with Gasteiger partial charge in [-0.1, -0.05) is 17.7 Å². The number of amides is 2. The smallest absolute Gasteiger partial charge is 0.407 e. The fourth-order valence-corrected chi connectivity index (χ4v) is 3.25. The topological polar surface area (TPSA) is 137 Å². The Morgan fingerprint density at radius 2 is 1.35 bits per heavy atom. The van der Waals surface area contributed by atoms with Crippen LogP contribution in [0.2, 0.25) is 0 Å². The molecule has 2 amide bonds. The van der Waals surface area contributed by atoms with E-state index in [9.17, 15) is 14.7 Å². The number of carbonyl (C=O) groups excluding carboxylic acids is 2. The largest absolute Gasteiger partial charge is 0.494 e. The molecule has 1 aromatic carbocycles. The molecule has 1 unspecified atom stereocenters. The van der Waals surface area contributed by atoms with E-state index in [0.29, 0.717) is 85.1 Å². The van der Waals surface area contributed by atoms with E-state index in [0.717, 1.165) is 12.2 Å². The predicted molar refractivity (Wildman–Crippen MR) is 153 cm³/mol. The molecule has 0 aliphatic rings. The third-order valence-electron chi connectivity index (χ3n) is 5.30. The van der Waals surface area contributed by atoms with Crippen LogP contribution in [0.25, 0.3) is 0 Å². The lowest BCUT2D eigenvalue weighted by atomic mass is 10.2. The van der Waals surface area contributed by atoms with Gasteiger partial charge in [0.1, 0.15) is 17.6 Å². The third-order valence-corrected chi connectivity index (χ3v) is 5.30. The minimum atomic E-state index is -0.722. The molecule has 1 rings (SSSR count). The molecule has 0 aromatic heterocycles. The number of rotatable bonds is 23. The zero-order chi connectivity index (χ0) is 29.5. The van der Waals surface area contributed by atoms with E-state index in [1.807, 2.05) is 52.0 Å². The highest BCUT2D eigenvalue weighted by molar-refractivity contribution is 5.75. The van der Waals surface area contributed by atoms with Crippen LogP contribution in [0.3, 0.4) is 0 Å². The molecule has 0 aliphatic heterocycles. The maximum atomic E-state index is 11.9. The van der Waals surface area contributed by atoms with Gasteiger partial charge in [-0.3, -0.25) is 10.1 Å². The van der Waals surface area contributed by atoms with Gasteiger partial charge in [0.2, 0.25) is 5.91 Å². The highest BCUT2D eigenvalue weighted by Crippen LogP contribution is 2.11. The summed E-state index contributed by atoms with van der Waals surface area (Å²) >= 11 is 0. The SMILES string of the molecule is Cc1ccc(OCCCNC(O)CCC(=O)NCCCOCCOCCOCCCNC(=O)OC(C)(C)C)cc1. The highest BCUT2D eigenvalue weighted by Gasteiger charge is 2.15. The molecule has 4 N–H and O–H groups in total. The minimum absolute atomic E-state index is 0.0903. The fraction of sp³-hybridized carbons (Fsp3) is 0.724. The molecule has 230 valence electrons. The molecule has 1 aromatic rings. The maximum absolute atomic E-state index is 11.9. The summed E-state index contributed by atoms with van der Waals surface area (Å²) in [7, 11) is 0. The Morgan fingerprint density at radius 3 is 1.95 bits per heavy atom. The lowest BCUT2D eigenvalue weighted by Gasteiger charge is -2.19. The summed E-state index contributed by atoms with van der Waals surface area (Å²) < 4.78 is 27.2. The molecule has 0 saturated heterocycles. The number of aliphatic hydroxyl groups excluding tert-OH is 1. The van der Waals surface area contributed by atoms with E-state index < -0.39 is 17.9 Å². The molecule has 0 aliphatic carbocycles. The molecule has 0 bridgehead atoms. The van der Waals surface area contributed by atoms with E-state index in [-0.39, 0.29) is 12.3 Å². The van der Waals surface area contributed by atoms with Crippen molar-refractivity contribution in [2.24, 2.45) is 0 Å². The van der Waals surface area contributed by atoms with Crippen molar-refractivity contribution in [2.45, 2.75) is 71.6 Å². The van der Waals surface area contributed by atoms with Crippen LogP contribution in [-0.4, -0.2) is 94.8 Å². The van der Waals surface area contributed by atoms with Crippen molar-refractivity contribution < 1.29 is 38.4 Å². The van der Waals surface area contributed by atoms with Gasteiger partial charge in [0.05, 0.1) is 33.0 Å². The first-order valence-electron chi connectivity index (χ1n) is 14.2. The molecule has 0 heterocycles. The Balaban J connectivity index is 1.81. The van der Waals surface area contributed by atoms with Crippen molar-refractivity contribution >= 4 is 12.0 Å². The second-order valence-electron chi connectivity index (χ2n) is 10.3. The van der Waals surface area contributed by atoms with Crippen LogP contribution in [0.5, 0.6) is 5.75 Å². The van der Waals surface area contributed by atoms with E-state index in [4.69, 9.17) is 23.7 Å². The maximum Gasteiger partial charge on any atom is 0.407 e. The number of ether oxygens (including phenoxy) is 5. The number of benzene rings is 1. The van der Waals surface area contributed by atoms with Crippen LogP contribution in [-0.2, 0) is 23.7 Å². The zero-order valence-electron chi connectivity index (χ0n) is 24.8. The Labute approximate surface area is 239 Å². The van der Waals surface area contributed by atoms with E-state index >= 15 is 0 Å². The quantitative estimate of drug-likeness (QED) is 0.116. The average Bonchev–Trinajstić information content (AvgIpc) is 2.89. The molecule has 0 saturated carbocycles. The van der Waals surface area contributed by atoms with Gasteiger partial charge < -0.3 is 39.4 Å². The number of carbonyl (C=O) groups is 2. The Kier molecular flexibility index (Phi) is 19.8. The van der Waals surface area contributed by atoms with Gasteiger partial charge in [0, 0.05) is 39.3 Å². The summed E-state index contributed by atoms with van der Waals surface area (Å²) in [5, 5.41) is 18.5. The second-order valence-corrected chi connectivity index (χ2v) is 10.3. The van der Waals surface area contributed by atoms with Crippen LogP contribution in [0.1, 0.15) is 58.4 Å². The van der Waals surface area contributed by atoms with E-state index in [1.165, 1.54) is 5.56 Å². The summed E-state index contributed by atoms with van der Waals surface area (Å²) in [6.45, 7) is 12.6. The Hall–Kier alpha value is -2.44. The molecular formula is C29H51N3O8. The fourth-order valence-electron chi connectivity index (χ4n) is 3.25. The highest BCUT2D eigenvalue weighted by atomic mass is 16.6. The molecule has 11 nitrogen and oxygen atoms in total. The van der Waals surface area contributed by atoms with Crippen molar-refractivity contribution in [3.05, 3.63) is 29.8 Å². The van der Waals surface area contributed by atoms with Crippen LogP contribution < -0.4 is 20.7 Å². The lowest BCUT2D eigenvalue weighted by Crippen LogP contribution is -2.33. The minimum Gasteiger partial charge on any atom is -0.494 e. The standard InChI is InChI=1S/C29H51N3O8/c1-24-8-10-25(11-9-24)39-19-7-15-31-27(34)13-12-26(33)30-14-5-17-36-20-22-38-23-21-37-18-6-16-32-28(35)40-29(2,3)4/h8-11,27,31,34H,5-7,12-23H2,1-4H3,(H,30,33)(H,32,35). The molecule has 0 spiro atoms. The van der Waals surface area contributed by atoms with Gasteiger partial charge in [-0.05, 0) is 65.5 Å². The van der Waals surface area contributed by atoms with Gasteiger partial charge >= 0.3 is 6.09 Å². The molecular weight excluding hydrogens is 518 g/mol. The number of hydrogen-bond acceptors (Lipinski definition) is 9. The molecule has 11 heteroatoms. The van der Waals surface area contributed by atoms with Crippen LogP contribution >= 0.6 is 0 Å². The van der Waals surface area contributed by atoms with Gasteiger partial charge in [-0.25, -0.2) is 4.79 Å². The van der Waals surface area contributed by atoms with Crippen molar-refractivity contribution in [2.75, 3.05) is 65.9 Å².